The van der Waals surface area contributed by atoms with Crippen LogP contribution in [0.25, 0.3) is 0 Å². The van der Waals surface area contributed by atoms with Crippen molar-refractivity contribution in [3.05, 3.63) is 56.2 Å². The molecule has 1 aliphatic rings. The normalized spacial score (nSPS) is 16.4. The smallest absolute Gasteiger partial charge is 0.0701 e. The van der Waals surface area contributed by atoms with Gasteiger partial charge < -0.3 is 5.73 Å². The first-order valence-electron chi connectivity index (χ1n) is 7.41. The van der Waals surface area contributed by atoms with Gasteiger partial charge in [-0.15, -0.1) is 11.3 Å². The number of halogens is 1. The third-order valence-corrected chi connectivity index (χ3v) is 5.73. The maximum absolute atomic E-state index is 6.11. The predicted molar refractivity (Wildman–Crippen MR) is 93.7 cm³/mol. The standard InChI is InChI=1S/C17H21BrN2S/c1-20(10-12-8-17(18)21-11-12)16(9-19)15-5-3-2-4-14(15)13-6-7-13/h2-5,8,11,13,16H,6-7,9-10,19H2,1H3. The van der Waals surface area contributed by atoms with Gasteiger partial charge in [0.2, 0.25) is 0 Å². The monoisotopic (exact) mass is 364 g/mol. The van der Waals surface area contributed by atoms with Crippen LogP contribution in [0.1, 0.15) is 41.5 Å². The molecule has 0 spiro atoms. The van der Waals surface area contributed by atoms with Crippen molar-refractivity contribution in [2.45, 2.75) is 31.3 Å². The van der Waals surface area contributed by atoms with Gasteiger partial charge in [-0.2, -0.15) is 0 Å². The summed E-state index contributed by atoms with van der Waals surface area (Å²) in [6.07, 6.45) is 2.66. The van der Waals surface area contributed by atoms with E-state index >= 15 is 0 Å². The van der Waals surface area contributed by atoms with Crippen LogP contribution in [-0.2, 0) is 6.54 Å². The van der Waals surface area contributed by atoms with Gasteiger partial charge in [0.25, 0.3) is 0 Å². The molecule has 2 N–H and O–H groups in total. The van der Waals surface area contributed by atoms with Crippen LogP contribution in [0.5, 0.6) is 0 Å². The number of hydrogen-bond acceptors (Lipinski definition) is 3. The molecule has 1 atom stereocenters. The maximum atomic E-state index is 6.11. The molecule has 1 unspecified atom stereocenters. The Labute approximate surface area is 139 Å². The number of nitrogens with two attached hydrogens (primary N) is 1. The largest absolute Gasteiger partial charge is 0.329 e. The molecular weight excluding hydrogens is 344 g/mol. The van der Waals surface area contributed by atoms with Crippen LogP contribution in [-0.4, -0.2) is 18.5 Å². The Hall–Kier alpha value is -0.680. The molecule has 0 aliphatic heterocycles. The van der Waals surface area contributed by atoms with Gasteiger partial charge in [0.05, 0.1) is 3.79 Å². The summed E-state index contributed by atoms with van der Waals surface area (Å²) < 4.78 is 1.19. The Balaban J connectivity index is 1.80. The number of thiophene rings is 1. The molecule has 1 heterocycles. The van der Waals surface area contributed by atoms with E-state index < -0.39 is 0 Å². The van der Waals surface area contributed by atoms with E-state index in [4.69, 9.17) is 5.73 Å². The van der Waals surface area contributed by atoms with Crippen LogP contribution < -0.4 is 5.73 Å². The van der Waals surface area contributed by atoms with Gasteiger partial charge in [-0.25, -0.2) is 0 Å². The van der Waals surface area contributed by atoms with E-state index in [0.717, 1.165) is 12.5 Å². The number of nitrogens with zero attached hydrogens (tertiary/aromatic N) is 1. The molecule has 0 amide bonds. The van der Waals surface area contributed by atoms with Gasteiger partial charge in [0, 0.05) is 19.1 Å². The topological polar surface area (TPSA) is 29.3 Å². The molecule has 2 aromatic rings. The van der Waals surface area contributed by atoms with Crippen molar-refractivity contribution in [2.75, 3.05) is 13.6 Å². The molecule has 1 aliphatic carbocycles. The summed E-state index contributed by atoms with van der Waals surface area (Å²) in [6, 6.07) is 11.3. The first-order chi connectivity index (χ1) is 10.2. The third kappa shape index (κ3) is 3.57. The lowest BCUT2D eigenvalue weighted by molar-refractivity contribution is 0.241. The van der Waals surface area contributed by atoms with E-state index in [9.17, 15) is 0 Å². The second-order valence-electron chi connectivity index (χ2n) is 5.83. The molecule has 0 radical (unpaired) electrons. The van der Waals surface area contributed by atoms with Crippen molar-refractivity contribution in [2.24, 2.45) is 5.73 Å². The highest BCUT2D eigenvalue weighted by atomic mass is 79.9. The van der Waals surface area contributed by atoms with Gasteiger partial charge in [-0.05, 0) is 69.9 Å². The van der Waals surface area contributed by atoms with Crippen molar-refractivity contribution in [3.8, 4) is 0 Å². The third-order valence-electron chi connectivity index (χ3n) is 4.18. The first kappa shape index (κ1) is 15.2. The van der Waals surface area contributed by atoms with E-state index in [1.54, 1.807) is 11.3 Å². The van der Waals surface area contributed by atoms with Crippen LogP contribution in [0.4, 0.5) is 0 Å². The van der Waals surface area contributed by atoms with Gasteiger partial charge in [0.1, 0.15) is 0 Å². The van der Waals surface area contributed by atoms with E-state index in [1.807, 2.05) is 0 Å². The van der Waals surface area contributed by atoms with E-state index in [-0.39, 0.29) is 0 Å². The molecular formula is C17H21BrN2S. The Morgan fingerprint density at radius 2 is 2.14 bits per heavy atom. The molecule has 3 rings (SSSR count). The Morgan fingerprint density at radius 1 is 1.38 bits per heavy atom. The molecule has 4 heteroatoms. The average molecular weight is 365 g/mol. The molecule has 1 saturated carbocycles. The quantitative estimate of drug-likeness (QED) is 0.816. The van der Waals surface area contributed by atoms with Gasteiger partial charge in [-0.1, -0.05) is 24.3 Å². The summed E-state index contributed by atoms with van der Waals surface area (Å²) >= 11 is 5.27. The van der Waals surface area contributed by atoms with Crippen LogP contribution in [0, 0.1) is 0 Å². The van der Waals surface area contributed by atoms with E-state index in [0.29, 0.717) is 12.6 Å². The van der Waals surface area contributed by atoms with Crippen molar-refractivity contribution in [1.82, 2.24) is 4.90 Å². The number of likely N-dealkylation sites (N-methyl/N-ethyl adjacent to an activating group) is 1. The van der Waals surface area contributed by atoms with Gasteiger partial charge >= 0.3 is 0 Å². The highest BCUT2D eigenvalue weighted by molar-refractivity contribution is 9.11. The first-order valence-corrected chi connectivity index (χ1v) is 9.08. The molecule has 112 valence electrons. The van der Waals surface area contributed by atoms with Crippen LogP contribution in [0.15, 0.2) is 39.5 Å². The second kappa shape index (κ2) is 6.61. The minimum absolute atomic E-state index is 0.292. The fraction of sp³-hybridized carbons (Fsp3) is 0.412. The predicted octanol–water partition coefficient (Wildman–Crippen LogP) is 4.52. The highest BCUT2D eigenvalue weighted by Crippen LogP contribution is 2.43. The second-order valence-corrected chi connectivity index (χ2v) is 8.12. The van der Waals surface area contributed by atoms with Gasteiger partial charge in [-0.3, -0.25) is 4.90 Å². The van der Waals surface area contributed by atoms with Crippen molar-refractivity contribution in [1.29, 1.82) is 0 Å². The lowest BCUT2D eigenvalue weighted by Gasteiger charge is -2.29. The highest BCUT2D eigenvalue weighted by Gasteiger charge is 2.28. The van der Waals surface area contributed by atoms with Gasteiger partial charge in [0.15, 0.2) is 0 Å². The average Bonchev–Trinajstić information content (AvgIpc) is 3.24. The summed E-state index contributed by atoms with van der Waals surface area (Å²) in [7, 11) is 2.17. The number of rotatable bonds is 6. The van der Waals surface area contributed by atoms with Crippen molar-refractivity contribution in [3.63, 3.8) is 0 Å². The van der Waals surface area contributed by atoms with Crippen LogP contribution in [0.2, 0.25) is 0 Å². The molecule has 0 saturated heterocycles. The molecule has 1 aromatic carbocycles. The summed E-state index contributed by atoms with van der Waals surface area (Å²) in [5.74, 6) is 0.763. The zero-order valence-corrected chi connectivity index (χ0v) is 14.7. The van der Waals surface area contributed by atoms with Crippen molar-refractivity contribution >= 4 is 27.3 Å². The zero-order chi connectivity index (χ0) is 14.8. The Kier molecular flexibility index (Phi) is 4.79. The Morgan fingerprint density at radius 3 is 2.76 bits per heavy atom. The lowest BCUT2D eigenvalue weighted by Crippen LogP contribution is -2.30. The summed E-state index contributed by atoms with van der Waals surface area (Å²) in [5.41, 5.74) is 10.4. The molecule has 2 nitrogen and oxygen atoms in total. The van der Waals surface area contributed by atoms with Crippen LogP contribution in [0.3, 0.4) is 0 Å². The summed E-state index contributed by atoms with van der Waals surface area (Å²) in [4.78, 5) is 2.37. The molecule has 1 aromatic heterocycles. The fourth-order valence-electron chi connectivity index (χ4n) is 2.95. The maximum Gasteiger partial charge on any atom is 0.0701 e. The summed E-state index contributed by atoms with van der Waals surface area (Å²) in [6.45, 7) is 1.59. The summed E-state index contributed by atoms with van der Waals surface area (Å²) in [5, 5.41) is 2.21. The SMILES string of the molecule is CN(Cc1csc(Br)c1)C(CN)c1ccccc1C1CC1. The lowest BCUT2D eigenvalue weighted by atomic mass is 9.96. The Bertz CT molecular complexity index is 606. The van der Waals surface area contributed by atoms with Crippen LogP contribution >= 0.6 is 27.3 Å². The minimum Gasteiger partial charge on any atom is -0.329 e. The number of hydrogen-bond donors (Lipinski definition) is 1. The van der Waals surface area contributed by atoms with E-state index in [2.05, 4.69) is 63.6 Å². The minimum atomic E-state index is 0.292. The van der Waals surface area contributed by atoms with Crippen molar-refractivity contribution < 1.29 is 0 Å². The zero-order valence-electron chi connectivity index (χ0n) is 12.3. The molecule has 1 fully saturated rings. The van der Waals surface area contributed by atoms with E-state index in [1.165, 1.54) is 33.3 Å². The molecule has 21 heavy (non-hydrogen) atoms. The fourth-order valence-corrected chi connectivity index (χ4v) is 4.15. The molecule has 0 bridgehead atoms. The number of benzene rings is 1.